The van der Waals surface area contributed by atoms with E-state index in [1.807, 2.05) is 0 Å². The lowest BCUT2D eigenvalue weighted by atomic mass is 10.4. The number of hydrogen-bond acceptors (Lipinski definition) is 4. The molecule has 0 bridgehead atoms. The summed E-state index contributed by atoms with van der Waals surface area (Å²) in [6.45, 7) is 2.19. The Kier molecular flexibility index (Phi) is 5.39. The average molecular weight is 197 g/mol. The van der Waals surface area contributed by atoms with E-state index in [1.54, 1.807) is 6.92 Å². The molecule has 0 aliphatic heterocycles. The van der Waals surface area contributed by atoms with Gasteiger partial charge in [-0.05, 0) is 19.4 Å². The Bertz CT molecular complexity index is 202. The highest BCUT2D eigenvalue weighted by Crippen LogP contribution is 1.88. The summed E-state index contributed by atoms with van der Waals surface area (Å²) in [6.07, 6.45) is 0.285. The minimum Gasteiger partial charge on any atom is -0.379 e. The molecular weight excluding hydrogens is 182 g/mol. The van der Waals surface area contributed by atoms with E-state index in [0.717, 1.165) is 0 Å². The molecule has 0 amide bonds. The summed E-state index contributed by atoms with van der Waals surface area (Å²) in [5.74, 6) is -0.267. The maximum absolute atomic E-state index is 10.2. The molecule has 6 heteroatoms. The number of aliphatic hydroxyl groups is 1. The molecule has 0 fully saturated rings. The molecule has 0 radical (unpaired) electrons. The van der Waals surface area contributed by atoms with Crippen LogP contribution in [0, 0.1) is 0 Å². The fourth-order valence-corrected chi connectivity index (χ4v) is 1.18. The summed E-state index contributed by atoms with van der Waals surface area (Å²) in [5.41, 5.74) is 0. The van der Waals surface area contributed by atoms with Crippen LogP contribution in [0.3, 0.4) is 0 Å². The number of nitrogens with one attached hydrogen (secondary N) is 1. The van der Waals surface area contributed by atoms with Crippen molar-refractivity contribution in [3.63, 3.8) is 0 Å². The van der Waals surface area contributed by atoms with Crippen LogP contribution in [-0.4, -0.2) is 36.6 Å². The van der Waals surface area contributed by atoms with Crippen molar-refractivity contribution in [3.8, 4) is 0 Å². The van der Waals surface area contributed by atoms with Gasteiger partial charge in [0.15, 0.2) is 0 Å². The predicted octanol–water partition coefficient (Wildman–Crippen LogP) is -0.418. The van der Waals surface area contributed by atoms with E-state index in [1.165, 1.54) is 0 Å². The molecule has 0 saturated carbocycles. The maximum atomic E-state index is 10.2. The smallest absolute Gasteiger partial charge is 0.264 e. The van der Waals surface area contributed by atoms with Crippen molar-refractivity contribution < 1.29 is 18.1 Å². The van der Waals surface area contributed by atoms with Crippen LogP contribution in [0.5, 0.6) is 0 Å². The molecular formula is C6H15NO4S. The first kappa shape index (κ1) is 11.8. The van der Waals surface area contributed by atoms with Crippen molar-refractivity contribution in [2.75, 3.05) is 12.3 Å². The van der Waals surface area contributed by atoms with Crippen LogP contribution in [0.4, 0.5) is 0 Å². The molecule has 0 aromatic carbocycles. The molecule has 3 N–H and O–H groups in total. The zero-order valence-corrected chi connectivity index (χ0v) is 7.84. The first-order valence-corrected chi connectivity index (χ1v) is 5.43. The van der Waals surface area contributed by atoms with Crippen LogP contribution in [0.15, 0.2) is 0 Å². The second kappa shape index (κ2) is 5.47. The molecule has 12 heavy (non-hydrogen) atoms. The fourth-order valence-electron chi connectivity index (χ4n) is 0.668. The molecule has 0 aliphatic rings. The van der Waals surface area contributed by atoms with Gasteiger partial charge in [0.25, 0.3) is 10.1 Å². The molecule has 0 spiro atoms. The lowest BCUT2D eigenvalue weighted by Gasteiger charge is -2.08. The third kappa shape index (κ3) is 7.93. The van der Waals surface area contributed by atoms with Gasteiger partial charge in [0.05, 0.1) is 5.75 Å². The van der Waals surface area contributed by atoms with Gasteiger partial charge in [0.2, 0.25) is 0 Å². The van der Waals surface area contributed by atoms with Crippen LogP contribution >= 0.6 is 0 Å². The Morgan fingerprint density at radius 3 is 2.50 bits per heavy atom. The third-order valence-corrected chi connectivity index (χ3v) is 2.15. The second-order valence-electron chi connectivity index (χ2n) is 2.52. The van der Waals surface area contributed by atoms with E-state index in [0.29, 0.717) is 19.4 Å². The maximum Gasteiger partial charge on any atom is 0.264 e. The largest absolute Gasteiger partial charge is 0.379 e. The summed E-state index contributed by atoms with van der Waals surface area (Å²) in [6, 6.07) is 0. The minimum atomic E-state index is -3.85. The van der Waals surface area contributed by atoms with Crippen molar-refractivity contribution in [2.45, 2.75) is 26.0 Å². The van der Waals surface area contributed by atoms with Crippen LogP contribution in [0.1, 0.15) is 19.8 Å². The summed E-state index contributed by atoms with van der Waals surface area (Å²) in [7, 11) is -3.85. The van der Waals surface area contributed by atoms with Gasteiger partial charge < -0.3 is 5.11 Å². The quantitative estimate of drug-likeness (QED) is 0.306. The van der Waals surface area contributed by atoms with Gasteiger partial charge in [-0.25, -0.2) is 0 Å². The van der Waals surface area contributed by atoms with Crippen LogP contribution < -0.4 is 5.32 Å². The van der Waals surface area contributed by atoms with Crippen molar-refractivity contribution in [2.24, 2.45) is 0 Å². The second-order valence-corrected chi connectivity index (χ2v) is 4.09. The normalized spacial score (nSPS) is 14.6. The molecule has 1 unspecified atom stereocenters. The SMILES string of the molecule is CCC(O)NCCCS(=O)(=O)O. The van der Waals surface area contributed by atoms with Crippen LogP contribution in [-0.2, 0) is 10.1 Å². The molecule has 1 atom stereocenters. The van der Waals surface area contributed by atoms with E-state index in [-0.39, 0.29) is 5.75 Å². The highest BCUT2D eigenvalue weighted by molar-refractivity contribution is 7.85. The van der Waals surface area contributed by atoms with Gasteiger partial charge in [0, 0.05) is 0 Å². The highest BCUT2D eigenvalue weighted by Gasteiger charge is 2.04. The lowest BCUT2D eigenvalue weighted by Crippen LogP contribution is -2.29. The van der Waals surface area contributed by atoms with E-state index in [4.69, 9.17) is 9.66 Å². The van der Waals surface area contributed by atoms with Crippen molar-refractivity contribution in [3.05, 3.63) is 0 Å². The van der Waals surface area contributed by atoms with E-state index >= 15 is 0 Å². The molecule has 5 nitrogen and oxygen atoms in total. The Hall–Kier alpha value is -0.170. The summed E-state index contributed by atoms with van der Waals surface area (Å²) >= 11 is 0. The van der Waals surface area contributed by atoms with Gasteiger partial charge in [-0.3, -0.25) is 9.87 Å². The Morgan fingerprint density at radius 1 is 1.50 bits per heavy atom. The predicted molar refractivity (Wildman–Crippen MR) is 45.3 cm³/mol. The van der Waals surface area contributed by atoms with E-state index in [2.05, 4.69) is 5.32 Å². The topological polar surface area (TPSA) is 86.6 Å². The van der Waals surface area contributed by atoms with Crippen molar-refractivity contribution in [1.82, 2.24) is 5.32 Å². The van der Waals surface area contributed by atoms with Gasteiger partial charge >= 0.3 is 0 Å². The minimum absolute atomic E-state index is 0.267. The monoisotopic (exact) mass is 197 g/mol. The number of rotatable bonds is 6. The van der Waals surface area contributed by atoms with E-state index in [9.17, 15) is 8.42 Å². The standard InChI is InChI=1S/C6H15NO4S/c1-2-6(8)7-4-3-5-12(9,10)11/h6-8H,2-5H2,1H3,(H,9,10,11). The molecule has 74 valence electrons. The van der Waals surface area contributed by atoms with Crippen molar-refractivity contribution in [1.29, 1.82) is 0 Å². The number of hydrogen-bond donors (Lipinski definition) is 3. The molecule has 0 aliphatic carbocycles. The third-order valence-electron chi connectivity index (χ3n) is 1.35. The van der Waals surface area contributed by atoms with E-state index < -0.39 is 16.3 Å². The summed E-state index contributed by atoms with van der Waals surface area (Å²) in [4.78, 5) is 0. The van der Waals surface area contributed by atoms with Crippen molar-refractivity contribution >= 4 is 10.1 Å². The molecule has 0 aromatic rings. The van der Waals surface area contributed by atoms with Crippen LogP contribution in [0.2, 0.25) is 0 Å². The van der Waals surface area contributed by atoms with Gasteiger partial charge in [-0.1, -0.05) is 6.92 Å². The summed E-state index contributed by atoms with van der Waals surface area (Å²) in [5, 5.41) is 11.6. The van der Waals surface area contributed by atoms with Crippen LogP contribution in [0.25, 0.3) is 0 Å². The van der Waals surface area contributed by atoms with Gasteiger partial charge in [-0.2, -0.15) is 8.42 Å². The Labute approximate surface area is 72.5 Å². The average Bonchev–Trinajstić information content (AvgIpc) is 1.96. The molecule has 0 saturated heterocycles. The zero-order valence-electron chi connectivity index (χ0n) is 7.02. The first-order chi connectivity index (χ1) is 5.45. The van der Waals surface area contributed by atoms with Gasteiger partial charge in [-0.15, -0.1) is 0 Å². The fraction of sp³-hybridized carbons (Fsp3) is 1.00. The highest BCUT2D eigenvalue weighted by atomic mass is 32.2. The van der Waals surface area contributed by atoms with Gasteiger partial charge in [0.1, 0.15) is 6.23 Å². The Morgan fingerprint density at radius 2 is 2.08 bits per heavy atom. The lowest BCUT2D eigenvalue weighted by molar-refractivity contribution is 0.133. The zero-order chi connectivity index (χ0) is 9.61. The Balaban J connectivity index is 3.34. The summed E-state index contributed by atoms with van der Waals surface area (Å²) < 4.78 is 28.7. The molecule has 0 heterocycles. The molecule has 0 rings (SSSR count). The molecule has 0 aromatic heterocycles. The first-order valence-electron chi connectivity index (χ1n) is 3.82. The number of aliphatic hydroxyl groups excluding tert-OH is 1.